The van der Waals surface area contributed by atoms with Gasteiger partial charge in [0.25, 0.3) is 5.91 Å². The summed E-state index contributed by atoms with van der Waals surface area (Å²) in [6.07, 6.45) is 0. The molecule has 5 nitrogen and oxygen atoms in total. The number of carbonyl (C=O) groups is 1. The van der Waals surface area contributed by atoms with Gasteiger partial charge in [-0.2, -0.15) is 5.10 Å². The second-order valence-corrected chi connectivity index (χ2v) is 7.21. The van der Waals surface area contributed by atoms with Crippen LogP contribution in [0.1, 0.15) is 28.5 Å². The molecule has 1 amide bonds. The first-order valence-corrected chi connectivity index (χ1v) is 9.18. The topological polar surface area (TPSA) is 61.9 Å². The van der Waals surface area contributed by atoms with Crippen LogP contribution in [-0.2, 0) is 0 Å². The van der Waals surface area contributed by atoms with Gasteiger partial charge >= 0.3 is 0 Å². The van der Waals surface area contributed by atoms with Crippen molar-refractivity contribution in [1.82, 2.24) is 20.1 Å². The van der Waals surface area contributed by atoms with E-state index in [1.54, 1.807) is 29.4 Å². The third kappa shape index (κ3) is 2.99. The van der Waals surface area contributed by atoms with Crippen molar-refractivity contribution in [1.29, 1.82) is 0 Å². The van der Waals surface area contributed by atoms with Gasteiger partial charge < -0.3 is 4.90 Å². The van der Waals surface area contributed by atoms with Gasteiger partial charge in [-0.05, 0) is 25.1 Å². The van der Waals surface area contributed by atoms with Crippen molar-refractivity contribution >= 4 is 27.5 Å². The van der Waals surface area contributed by atoms with Crippen molar-refractivity contribution in [3.8, 4) is 11.3 Å². The van der Waals surface area contributed by atoms with Crippen molar-refractivity contribution in [3.05, 3.63) is 71.4 Å². The number of H-pyrrole nitrogens is 1. The zero-order chi connectivity index (χ0) is 18.1. The van der Waals surface area contributed by atoms with Crippen molar-refractivity contribution in [2.24, 2.45) is 0 Å². The maximum atomic E-state index is 12.9. The van der Waals surface area contributed by atoms with Crippen molar-refractivity contribution in [3.63, 3.8) is 0 Å². The highest BCUT2D eigenvalue weighted by molar-refractivity contribution is 7.18. The molecule has 1 N–H and O–H groups in total. The smallest absolute Gasteiger partial charge is 0.272 e. The normalized spacial score (nSPS) is 12.2. The number of thiazole rings is 1. The summed E-state index contributed by atoms with van der Waals surface area (Å²) in [6, 6.07) is 19.5. The molecule has 4 rings (SSSR count). The maximum absolute atomic E-state index is 12.9. The number of aromatic nitrogens is 3. The van der Waals surface area contributed by atoms with Crippen LogP contribution in [0.3, 0.4) is 0 Å². The Labute approximate surface area is 155 Å². The van der Waals surface area contributed by atoms with Crippen LogP contribution in [0, 0.1) is 0 Å². The molecular weight excluding hydrogens is 344 g/mol. The van der Waals surface area contributed by atoms with Crippen molar-refractivity contribution in [2.45, 2.75) is 13.0 Å². The van der Waals surface area contributed by atoms with Gasteiger partial charge in [0.1, 0.15) is 10.7 Å². The van der Waals surface area contributed by atoms with Crippen molar-refractivity contribution in [2.75, 3.05) is 7.05 Å². The largest absolute Gasteiger partial charge is 0.331 e. The van der Waals surface area contributed by atoms with Gasteiger partial charge in [0, 0.05) is 12.6 Å². The molecule has 6 heteroatoms. The number of para-hydroxylation sites is 1. The highest BCUT2D eigenvalue weighted by Gasteiger charge is 2.23. The first kappa shape index (κ1) is 16.5. The minimum atomic E-state index is -0.122. The molecule has 2 aromatic carbocycles. The first-order chi connectivity index (χ1) is 12.6. The van der Waals surface area contributed by atoms with E-state index < -0.39 is 0 Å². The Balaban J connectivity index is 1.56. The van der Waals surface area contributed by atoms with Gasteiger partial charge in [0.15, 0.2) is 0 Å². The Morgan fingerprint density at radius 2 is 1.85 bits per heavy atom. The first-order valence-electron chi connectivity index (χ1n) is 8.37. The molecule has 2 aromatic heterocycles. The summed E-state index contributed by atoms with van der Waals surface area (Å²) in [5.41, 5.74) is 3.17. The van der Waals surface area contributed by atoms with Crippen LogP contribution in [0.25, 0.3) is 21.5 Å². The maximum Gasteiger partial charge on any atom is 0.272 e. The highest BCUT2D eigenvalue weighted by atomic mass is 32.1. The molecule has 0 radical (unpaired) electrons. The molecule has 0 aliphatic rings. The van der Waals surface area contributed by atoms with Crippen LogP contribution in [0.2, 0.25) is 0 Å². The summed E-state index contributed by atoms with van der Waals surface area (Å²) in [5.74, 6) is -0.105. The van der Waals surface area contributed by atoms with E-state index in [9.17, 15) is 4.79 Å². The average Bonchev–Trinajstić information content (AvgIpc) is 3.34. The predicted octanol–water partition coefficient (Wildman–Crippen LogP) is 4.52. The van der Waals surface area contributed by atoms with E-state index in [0.29, 0.717) is 5.69 Å². The number of rotatable bonds is 4. The van der Waals surface area contributed by atoms with E-state index in [1.165, 1.54) is 0 Å². The Kier molecular flexibility index (Phi) is 4.26. The number of fused-ring (bicyclic) bond motifs is 1. The van der Waals surface area contributed by atoms with Gasteiger partial charge in [-0.15, -0.1) is 11.3 Å². The molecule has 0 aliphatic heterocycles. The molecule has 0 unspecified atom stereocenters. The third-order valence-corrected chi connectivity index (χ3v) is 5.65. The highest BCUT2D eigenvalue weighted by Crippen LogP contribution is 2.29. The molecule has 0 saturated heterocycles. The van der Waals surface area contributed by atoms with E-state index in [4.69, 9.17) is 0 Å². The van der Waals surface area contributed by atoms with Gasteiger partial charge in [0.2, 0.25) is 0 Å². The van der Waals surface area contributed by atoms with E-state index in [-0.39, 0.29) is 11.9 Å². The minimum Gasteiger partial charge on any atom is -0.331 e. The summed E-state index contributed by atoms with van der Waals surface area (Å²) in [7, 11) is 1.79. The number of aromatic amines is 1. The van der Waals surface area contributed by atoms with Crippen LogP contribution in [0.4, 0.5) is 0 Å². The summed E-state index contributed by atoms with van der Waals surface area (Å²) < 4.78 is 1.13. The van der Waals surface area contributed by atoms with Gasteiger partial charge in [-0.1, -0.05) is 42.5 Å². The number of hydrogen-bond acceptors (Lipinski definition) is 4. The van der Waals surface area contributed by atoms with E-state index in [1.807, 2.05) is 61.5 Å². The second-order valence-electron chi connectivity index (χ2n) is 6.14. The molecule has 0 saturated carbocycles. The number of amides is 1. The fourth-order valence-electron chi connectivity index (χ4n) is 2.79. The summed E-state index contributed by atoms with van der Waals surface area (Å²) in [4.78, 5) is 19.2. The van der Waals surface area contributed by atoms with Gasteiger partial charge in [-0.3, -0.25) is 9.89 Å². The Hall–Kier alpha value is -2.99. The molecule has 130 valence electrons. The Morgan fingerprint density at radius 1 is 1.12 bits per heavy atom. The van der Waals surface area contributed by atoms with Crippen LogP contribution in [0.5, 0.6) is 0 Å². The number of nitrogens with one attached hydrogen (secondary N) is 1. The number of hydrogen-bond donors (Lipinski definition) is 1. The Bertz CT molecular complexity index is 1020. The summed E-state index contributed by atoms with van der Waals surface area (Å²) in [6.45, 7) is 1.99. The number of nitrogens with zero attached hydrogens (tertiary/aromatic N) is 3. The van der Waals surface area contributed by atoms with E-state index in [0.717, 1.165) is 26.5 Å². The standard InChI is InChI=1S/C20H18N4OS/c1-13(19-21-15-10-6-7-11-18(15)26-19)24(2)20(25)17-12-16(22-23-17)14-8-4-3-5-9-14/h3-13H,1-2H3,(H,22,23)/t13-/m1/s1. The molecule has 1 atom stereocenters. The van der Waals surface area contributed by atoms with Crippen LogP contribution in [-0.4, -0.2) is 33.0 Å². The third-order valence-electron chi connectivity index (χ3n) is 4.45. The lowest BCUT2D eigenvalue weighted by Gasteiger charge is -2.22. The molecule has 26 heavy (non-hydrogen) atoms. The van der Waals surface area contributed by atoms with Crippen LogP contribution in [0.15, 0.2) is 60.7 Å². The molecule has 0 spiro atoms. The van der Waals surface area contributed by atoms with Crippen molar-refractivity contribution < 1.29 is 4.79 Å². The fourth-order valence-corrected chi connectivity index (χ4v) is 3.85. The second kappa shape index (κ2) is 6.72. The summed E-state index contributed by atoms with van der Waals surface area (Å²) in [5, 5.41) is 8.05. The lowest BCUT2D eigenvalue weighted by molar-refractivity contribution is 0.0736. The zero-order valence-corrected chi connectivity index (χ0v) is 15.3. The quantitative estimate of drug-likeness (QED) is 0.580. The lowest BCUT2D eigenvalue weighted by atomic mass is 10.1. The SMILES string of the molecule is C[C@H](c1nc2ccccc2s1)N(C)C(=O)c1cc(-c2ccccc2)n[nH]1. The van der Waals surface area contributed by atoms with E-state index >= 15 is 0 Å². The molecule has 4 aromatic rings. The van der Waals surface area contributed by atoms with Crippen LogP contribution >= 0.6 is 11.3 Å². The molecule has 0 bridgehead atoms. The molecule has 0 aliphatic carbocycles. The minimum absolute atomic E-state index is 0.105. The average molecular weight is 362 g/mol. The zero-order valence-electron chi connectivity index (χ0n) is 14.5. The number of benzene rings is 2. The lowest BCUT2D eigenvalue weighted by Crippen LogP contribution is -2.29. The molecular formula is C20H18N4OS. The number of carbonyl (C=O) groups excluding carboxylic acids is 1. The fraction of sp³-hybridized carbons (Fsp3) is 0.150. The monoisotopic (exact) mass is 362 g/mol. The van der Waals surface area contributed by atoms with E-state index in [2.05, 4.69) is 15.2 Å². The predicted molar refractivity (Wildman–Crippen MR) is 104 cm³/mol. The van der Waals surface area contributed by atoms with Gasteiger partial charge in [-0.25, -0.2) is 4.98 Å². The molecule has 0 fully saturated rings. The summed E-state index contributed by atoms with van der Waals surface area (Å²) >= 11 is 1.62. The molecule has 2 heterocycles. The van der Waals surface area contributed by atoms with Gasteiger partial charge in [0.05, 0.1) is 22.0 Å². The Morgan fingerprint density at radius 3 is 2.62 bits per heavy atom. The van der Waals surface area contributed by atoms with Crippen LogP contribution < -0.4 is 0 Å².